The van der Waals surface area contributed by atoms with Gasteiger partial charge < -0.3 is 15.4 Å². The van der Waals surface area contributed by atoms with Crippen LogP contribution >= 0.6 is 24.6 Å². The van der Waals surface area contributed by atoms with Crippen molar-refractivity contribution >= 4 is 35.4 Å². The van der Waals surface area contributed by atoms with E-state index in [2.05, 4.69) is 30.8 Å². The summed E-state index contributed by atoms with van der Waals surface area (Å²) in [5.41, 5.74) is 9.86. The molecule has 0 atom stereocenters. The molecule has 1 aliphatic heterocycles. The van der Waals surface area contributed by atoms with Gasteiger partial charge in [0, 0.05) is 30.8 Å². The summed E-state index contributed by atoms with van der Waals surface area (Å²) >= 11 is 5.04. The molecule has 0 bridgehead atoms. The van der Waals surface area contributed by atoms with Crippen LogP contribution in [-0.4, -0.2) is 29.6 Å². The van der Waals surface area contributed by atoms with Gasteiger partial charge in [0.2, 0.25) is 0 Å². The summed E-state index contributed by atoms with van der Waals surface area (Å²) in [5, 5.41) is 2.89. The molecule has 0 unspecified atom stereocenters. The monoisotopic (exact) mass is 397 g/mol. The molecule has 0 fully saturated rings. The largest absolute Gasteiger partial charge is 0.491 e. The zero-order chi connectivity index (χ0) is 18.4. The lowest BCUT2D eigenvalue weighted by Gasteiger charge is -2.35. The van der Waals surface area contributed by atoms with Gasteiger partial charge >= 0.3 is 0 Å². The molecule has 0 spiro atoms. The Kier molecular flexibility index (Phi) is 9.19. The fourth-order valence-electron chi connectivity index (χ4n) is 3.03. The number of nitroso groups, excluding NO2 is 1. The van der Waals surface area contributed by atoms with Gasteiger partial charge in [0.15, 0.2) is 4.99 Å². The van der Waals surface area contributed by atoms with Gasteiger partial charge in [0.1, 0.15) is 5.76 Å². The summed E-state index contributed by atoms with van der Waals surface area (Å²) in [4.78, 5) is 13.2. The highest BCUT2D eigenvalue weighted by Gasteiger charge is 2.26. The molecule has 1 aromatic rings. The van der Waals surface area contributed by atoms with Crippen LogP contribution in [0.4, 0.5) is 0 Å². The van der Waals surface area contributed by atoms with Crippen LogP contribution in [0, 0.1) is 10.8 Å². The molecule has 7 heteroatoms. The zero-order valence-corrected chi connectivity index (χ0v) is 17.3. The van der Waals surface area contributed by atoms with Crippen molar-refractivity contribution in [3.8, 4) is 0 Å². The summed E-state index contributed by atoms with van der Waals surface area (Å²) in [7, 11) is 0. The first-order valence-electron chi connectivity index (χ1n) is 8.83. The maximum absolute atomic E-state index is 10.8. The summed E-state index contributed by atoms with van der Waals surface area (Å²) < 4.78 is 6.14. The average molecular weight is 398 g/mol. The second kappa shape index (κ2) is 10.6. The molecule has 0 aromatic heterocycles. The van der Waals surface area contributed by atoms with Crippen LogP contribution in [-0.2, 0) is 11.3 Å². The van der Waals surface area contributed by atoms with Crippen LogP contribution in [0.1, 0.15) is 50.3 Å². The van der Waals surface area contributed by atoms with Crippen molar-refractivity contribution in [3.05, 3.63) is 45.5 Å². The number of unbranched alkanes of at least 4 members (excludes halogenated alkanes) is 1. The van der Waals surface area contributed by atoms with Crippen molar-refractivity contribution in [3.63, 3.8) is 0 Å². The van der Waals surface area contributed by atoms with E-state index >= 15 is 0 Å². The molecule has 26 heavy (non-hydrogen) atoms. The van der Waals surface area contributed by atoms with Crippen molar-refractivity contribution < 1.29 is 4.74 Å². The van der Waals surface area contributed by atoms with Crippen LogP contribution in [0.5, 0.6) is 0 Å². The Morgan fingerprint density at radius 2 is 2.15 bits per heavy atom. The molecule has 0 saturated heterocycles. The number of nitrogens with zero attached hydrogens (tertiary/aromatic N) is 2. The van der Waals surface area contributed by atoms with Crippen molar-refractivity contribution in [2.24, 2.45) is 16.8 Å². The smallest absolute Gasteiger partial charge is 0.177 e. The number of ether oxygens (including phenoxy) is 1. The Balaban J connectivity index is 0.00000338. The molecule has 2 rings (SSSR count). The van der Waals surface area contributed by atoms with Gasteiger partial charge in [-0.3, -0.25) is 0 Å². The Morgan fingerprint density at radius 3 is 2.73 bits per heavy atom. The molecule has 1 heterocycles. The van der Waals surface area contributed by atoms with E-state index in [1.54, 1.807) is 0 Å². The van der Waals surface area contributed by atoms with Gasteiger partial charge in [-0.1, -0.05) is 51.5 Å². The van der Waals surface area contributed by atoms with E-state index in [4.69, 9.17) is 22.7 Å². The van der Waals surface area contributed by atoms with Gasteiger partial charge in [0.05, 0.1) is 12.3 Å². The molecular weight excluding hydrogens is 370 g/mol. The Hall–Kier alpha value is -1.50. The number of nitrogens with two attached hydrogens (primary N) is 1. The Morgan fingerprint density at radius 1 is 1.42 bits per heavy atom. The van der Waals surface area contributed by atoms with Crippen LogP contribution in [0.2, 0.25) is 0 Å². The van der Waals surface area contributed by atoms with Crippen LogP contribution in [0.3, 0.4) is 0 Å². The molecule has 5 nitrogen and oxygen atoms in total. The highest BCUT2D eigenvalue weighted by atomic mass is 35.5. The Bertz CT molecular complexity index is 677. The SMILES string of the molecule is CCCCOC1=C(CN)N(CC(C)C)Cc2ccc(C(=S)N=O)cc21.Cl. The van der Waals surface area contributed by atoms with Gasteiger partial charge in [-0.15, -0.1) is 17.3 Å². The molecule has 0 radical (unpaired) electrons. The van der Waals surface area contributed by atoms with Gasteiger partial charge in [-0.2, -0.15) is 0 Å². The van der Waals surface area contributed by atoms with Crippen molar-refractivity contribution in [2.45, 2.75) is 40.2 Å². The maximum atomic E-state index is 10.8. The van der Waals surface area contributed by atoms with E-state index in [1.165, 1.54) is 0 Å². The number of fused-ring (bicyclic) bond motifs is 1. The van der Waals surface area contributed by atoms with E-state index in [-0.39, 0.29) is 17.4 Å². The van der Waals surface area contributed by atoms with Gasteiger partial charge in [-0.05, 0) is 29.1 Å². The van der Waals surface area contributed by atoms with Crippen LogP contribution < -0.4 is 5.73 Å². The van der Waals surface area contributed by atoms with E-state index in [1.807, 2.05) is 18.2 Å². The maximum Gasteiger partial charge on any atom is 0.177 e. The second-order valence-corrected chi connectivity index (χ2v) is 7.11. The van der Waals surface area contributed by atoms with E-state index in [0.717, 1.165) is 48.5 Å². The number of hydrogen-bond donors (Lipinski definition) is 1. The van der Waals surface area contributed by atoms with Crippen LogP contribution in [0.25, 0.3) is 5.76 Å². The summed E-state index contributed by atoms with van der Waals surface area (Å²) in [5.74, 6) is 1.33. The van der Waals surface area contributed by atoms with Gasteiger partial charge in [0.25, 0.3) is 0 Å². The highest BCUT2D eigenvalue weighted by Crippen LogP contribution is 2.33. The fraction of sp³-hybridized carbons (Fsp3) is 0.526. The summed E-state index contributed by atoms with van der Waals surface area (Å²) in [6.45, 7) is 9.27. The van der Waals surface area contributed by atoms with E-state index < -0.39 is 0 Å². The molecule has 144 valence electrons. The topological polar surface area (TPSA) is 67.9 Å². The second-order valence-electron chi connectivity index (χ2n) is 6.72. The van der Waals surface area contributed by atoms with Crippen molar-refractivity contribution in [2.75, 3.05) is 19.7 Å². The molecule has 0 saturated carbocycles. The minimum Gasteiger partial charge on any atom is -0.491 e. The zero-order valence-electron chi connectivity index (χ0n) is 15.7. The predicted molar refractivity (Wildman–Crippen MR) is 113 cm³/mol. The lowest BCUT2D eigenvalue weighted by atomic mass is 9.96. The minimum atomic E-state index is 0. The quantitative estimate of drug-likeness (QED) is 0.398. The molecule has 2 N–H and O–H groups in total. The van der Waals surface area contributed by atoms with Crippen LogP contribution in [0.15, 0.2) is 29.1 Å². The molecule has 0 amide bonds. The lowest BCUT2D eigenvalue weighted by Crippen LogP contribution is -2.35. The first-order valence-corrected chi connectivity index (χ1v) is 9.24. The summed E-state index contributed by atoms with van der Waals surface area (Å²) in [6.07, 6.45) is 2.04. The summed E-state index contributed by atoms with van der Waals surface area (Å²) in [6, 6.07) is 5.77. The normalized spacial score (nSPS) is 13.3. The first-order chi connectivity index (χ1) is 12.0. The third kappa shape index (κ3) is 5.25. The fourth-order valence-corrected chi connectivity index (χ4v) is 3.16. The van der Waals surface area contributed by atoms with E-state index in [0.29, 0.717) is 24.6 Å². The molecule has 0 aliphatic carbocycles. The number of halogens is 1. The first kappa shape index (κ1) is 22.5. The number of benzene rings is 1. The third-order valence-corrected chi connectivity index (χ3v) is 4.52. The molecule has 1 aromatic carbocycles. The molecular formula is C19H28ClN3O2S. The number of thiocarbonyl (C=S) groups is 1. The Labute approximate surface area is 167 Å². The third-order valence-electron chi connectivity index (χ3n) is 4.21. The molecule has 1 aliphatic rings. The van der Waals surface area contributed by atoms with E-state index in [9.17, 15) is 4.91 Å². The van der Waals surface area contributed by atoms with Crippen molar-refractivity contribution in [1.82, 2.24) is 4.90 Å². The van der Waals surface area contributed by atoms with Gasteiger partial charge in [-0.25, -0.2) is 0 Å². The highest BCUT2D eigenvalue weighted by molar-refractivity contribution is 7.80. The van der Waals surface area contributed by atoms with Crippen molar-refractivity contribution in [1.29, 1.82) is 0 Å². The number of hydrogen-bond acceptors (Lipinski definition) is 5. The number of rotatable bonds is 8. The minimum absolute atomic E-state index is 0. The average Bonchev–Trinajstić information content (AvgIpc) is 2.60. The standard InChI is InChI=1S/C19H27N3O2S.ClH/c1-4-5-8-24-18-16-9-14(19(25)21-23)6-7-15(16)12-22(11-13(2)3)17(18)10-20;/h6-7,9,13H,4-5,8,10-12,20H2,1-3H3;1H. The lowest BCUT2D eigenvalue weighted by molar-refractivity contribution is 0.232. The predicted octanol–water partition coefficient (Wildman–Crippen LogP) is 4.47.